The van der Waals surface area contributed by atoms with E-state index in [2.05, 4.69) is 60.8 Å². The van der Waals surface area contributed by atoms with E-state index in [4.69, 9.17) is 0 Å². The summed E-state index contributed by atoms with van der Waals surface area (Å²) in [5.74, 6) is -0.168. The molecule has 114 valence electrons. The predicted octanol–water partition coefficient (Wildman–Crippen LogP) is 4.36. The van der Waals surface area contributed by atoms with E-state index in [1.54, 1.807) is 6.07 Å². The van der Waals surface area contributed by atoms with Gasteiger partial charge in [-0.3, -0.25) is 4.90 Å². The van der Waals surface area contributed by atoms with E-state index in [1.165, 1.54) is 0 Å². The maximum Gasteiger partial charge on any atom is 0.142 e. The van der Waals surface area contributed by atoms with E-state index in [-0.39, 0.29) is 17.4 Å². The molecule has 1 unspecified atom stereocenters. The number of likely N-dealkylation sites (N-methyl/N-ethyl adjacent to an activating group) is 2. The Bertz CT molecular complexity index is 430. The van der Waals surface area contributed by atoms with Gasteiger partial charge >= 0.3 is 0 Å². The number of hydrogen-bond acceptors (Lipinski definition) is 2. The van der Waals surface area contributed by atoms with Gasteiger partial charge in [0.05, 0.1) is 10.5 Å². The van der Waals surface area contributed by atoms with Gasteiger partial charge in [0.2, 0.25) is 0 Å². The summed E-state index contributed by atoms with van der Waals surface area (Å²) in [5.41, 5.74) is 0.555. The van der Waals surface area contributed by atoms with Crippen LogP contribution in [0.4, 0.5) is 4.39 Å². The molecule has 0 radical (unpaired) electrons. The van der Waals surface area contributed by atoms with Crippen molar-refractivity contribution in [3.8, 4) is 0 Å². The zero-order valence-corrected chi connectivity index (χ0v) is 14.7. The summed E-state index contributed by atoms with van der Waals surface area (Å²) in [6.45, 7) is 13.4. The topological polar surface area (TPSA) is 15.3 Å². The Labute approximate surface area is 130 Å². The zero-order valence-electron chi connectivity index (χ0n) is 13.1. The first kappa shape index (κ1) is 17.6. The highest BCUT2D eigenvalue weighted by molar-refractivity contribution is 9.10. The maximum absolute atomic E-state index is 14.5. The summed E-state index contributed by atoms with van der Waals surface area (Å²) in [6, 6.07) is 5.46. The summed E-state index contributed by atoms with van der Waals surface area (Å²) in [5, 5.41) is 3.45. The molecule has 0 saturated carbocycles. The number of rotatable bonds is 7. The molecule has 0 heterocycles. The minimum absolute atomic E-state index is 0.0510. The summed E-state index contributed by atoms with van der Waals surface area (Å²) < 4.78 is 15.0. The molecule has 0 saturated heterocycles. The molecular formula is C16H26BrFN2. The van der Waals surface area contributed by atoms with Crippen LogP contribution in [0.2, 0.25) is 0 Å². The third kappa shape index (κ3) is 3.60. The first-order valence-electron chi connectivity index (χ1n) is 7.32. The third-order valence-corrected chi connectivity index (χ3v) is 4.60. The molecule has 0 aromatic heterocycles. The van der Waals surface area contributed by atoms with Crippen LogP contribution in [0, 0.1) is 5.82 Å². The fourth-order valence-electron chi connectivity index (χ4n) is 2.91. The van der Waals surface area contributed by atoms with Gasteiger partial charge in [-0.25, -0.2) is 4.39 Å². The van der Waals surface area contributed by atoms with Crippen molar-refractivity contribution in [2.24, 2.45) is 0 Å². The van der Waals surface area contributed by atoms with Crippen molar-refractivity contribution in [3.63, 3.8) is 0 Å². The van der Waals surface area contributed by atoms with Crippen LogP contribution in [-0.4, -0.2) is 30.1 Å². The molecule has 0 aliphatic rings. The Hall–Kier alpha value is -0.450. The number of hydrogen-bond donors (Lipinski definition) is 1. The van der Waals surface area contributed by atoms with Gasteiger partial charge in [0.1, 0.15) is 5.82 Å². The van der Waals surface area contributed by atoms with Crippen LogP contribution >= 0.6 is 15.9 Å². The Kier molecular flexibility index (Phi) is 6.62. The molecule has 20 heavy (non-hydrogen) atoms. The largest absolute Gasteiger partial charge is 0.309 e. The summed E-state index contributed by atoms with van der Waals surface area (Å²) in [6.07, 6.45) is 0. The smallest absolute Gasteiger partial charge is 0.142 e. The second kappa shape index (κ2) is 7.53. The van der Waals surface area contributed by atoms with Gasteiger partial charge in [0.15, 0.2) is 0 Å². The molecule has 4 heteroatoms. The minimum Gasteiger partial charge on any atom is -0.309 e. The highest BCUT2D eigenvalue weighted by Crippen LogP contribution is 2.34. The van der Waals surface area contributed by atoms with E-state index in [9.17, 15) is 4.39 Å². The molecule has 0 bridgehead atoms. The van der Waals surface area contributed by atoms with Crippen molar-refractivity contribution in [2.75, 3.05) is 19.6 Å². The molecule has 0 amide bonds. The monoisotopic (exact) mass is 344 g/mol. The molecule has 0 spiro atoms. The number of nitrogens with one attached hydrogen (secondary N) is 1. The Morgan fingerprint density at radius 1 is 1.25 bits per heavy atom. The summed E-state index contributed by atoms with van der Waals surface area (Å²) in [7, 11) is 0. The van der Waals surface area contributed by atoms with Crippen molar-refractivity contribution in [2.45, 2.75) is 46.2 Å². The minimum atomic E-state index is -0.168. The Morgan fingerprint density at radius 3 is 2.35 bits per heavy atom. The van der Waals surface area contributed by atoms with E-state index < -0.39 is 0 Å². The normalized spacial score (nSPS) is 13.8. The quantitative estimate of drug-likeness (QED) is 0.790. The van der Waals surface area contributed by atoms with Crippen LogP contribution in [0.5, 0.6) is 0 Å². The van der Waals surface area contributed by atoms with Gasteiger partial charge in [-0.15, -0.1) is 0 Å². The van der Waals surface area contributed by atoms with Crippen molar-refractivity contribution in [3.05, 3.63) is 34.1 Å². The lowest BCUT2D eigenvalue weighted by atomic mass is 9.86. The molecule has 0 aliphatic carbocycles. The molecule has 1 rings (SSSR count). The average molecular weight is 345 g/mol. The lowest BCUT2D eigenvalue weighted by molar-refractivity contribution is 0.0903. The molecule has 2 nitrogen and oxygen atoms in total. The SMILES string of the molecule is CCNC(c1cccc(Br)c1F)C(C)(C)N(CC)CC. The fraction of sp³-hybridized carbons (Fsp3) is 0.625. The van der Waals surface area contributed by atoms with Crippen LogP contribution in [-0.2, 0) is 0 Å². The molecular weight excluding hydrogens is 319 g/mol. The lowest BCUT2D eigenvalue weighted by Crippen LogP contribution is -2.52. The van der Waals surface area contributed by atoms with Gasteiger partial charge in [0, 0.05) is 11.1 Å². The average Bonchev–Trinajstić information content (AvgIpc) is 2.40. The summed E-state index contributed by atoms with van der Waals surface area (Å²) >= 11 is 3.29. The maximum atomic E-state index is 14.5. The molecule has 1 aromatic carbocycles. The van der Waals surface area contributed by atoms with E-state index in [0.29, 0.717) is 4.47 Å². The van der Waals surface area contributed by atoms with Crippen LogP contribution < -0.4 is 5.32 Å². The highest BCUT2D eigenvalue weighted by Gasteiger charge is 2.36. The third-order valence-electron chi connectivity index (χ3n) is 3.99. The number of nitrogens with zero attached hydrogens (tertiary/aromatic N) is 1. The van der Waals surface area contributed by atoms with Gasteiger partial charge in [-0.05, 0) is 55.5 Å². The van der Waals surface area contributed by atoms with E-state index >= 15 is 0 Å². The van der Waals surface area contributed by atoms with Crippen LogP contribution in [0.25, 0.3) is 0 Å². The van der Waals surface area contributed by atoms with Gasteiger partial charge in [0.25, 0.3) is 0 Å². The van der Waals surface area contributed by atoms with Crippen molar-refractivity contribution in [1.29, 1.82) is 0 Å². The number of benzene rings is 1. The zero-order chi connectivity index (χ0) is 15.3. The van der Waals surface area contributed by atoms with Crippen LogP contribution in [0.15, 0.2) is 22.7 Å². The standard InChI is InChI=1S/C16H26BrFN2/c1-6-19-15(16(4,5)20(7-2)8-3)12-10-9-11-13(17)14(12)18/h9-11,15,19H,6-8H2,1-5H3. The summed E-state index contributed by atoms with van der Waals surface area (Å²) in [4.78, 5) is 2.36. The molecule has 1 N–H and O–H groups in total. The number of halogens is 2. The first-order chi connectivity index (χ1) is 9.39. The predicted molar refractivity (Wildman–Crippen MR) is 87.5 cm³/mol. The fourth-order valence-corrected chi connectivity index (χ4v) is 3.29. The highest BCUT2D eigenvalue weighted by atomic mass is 79.9. The van der Waals surface area contributed by atoms with Crippen molar-refractivity contribution in [1.82, 2.24) is 10.2 Å². The van der Waals surface area contributed by atoms with Crippen LogP contribution in [0.3, 0.4) is 0 Å². The molecule has 0 aliphatic heterocycles. The Balaban J connectivity index is 3.26. The Morgan fingerprint density at radius 2 is 1.85 bits per heavy atom. The molecule has 1 atom stereocenters. The lowest BCUT2D eigenvalue weighted by Gasteiger charge is -2.44. The van der Waals surface area contributed by atoms with E-state index in [0.717, 1.165) is 25.2 Å². The molecule has 0 fully saturated rings. The van der Waals surface area contributed by atoms with Crippen LogP contribution in [0.1, 0.15) is 46.2 Å². The second-order valence-electron chi connectivity index (χ2n) is 5.46. The van der Waals surface area contributed by atoms with Crippen molar-refractivity contribution >= 4 is 15.9 Å². The molecule has 1 aromatic rings. The second-order valence-corrected chi connectivity index (χ2v) is 6.31. The van der Waals surface area contributed by atoms with Gasteiger partial charge in [-0.2, -0.15) is 0 Å². The van der Waals surface area contributed by atoms with Gasteiger partial charge in [-0.1, -0.05) is 32.9 Å². The van der Waals surface area contributed by atoms with E-state index in [1.807, 2.05) is 12.1 Å². The van der Waals surface area contributed by atoms with Crippen molar-refractivity contribution < 1.29 is 4.39 Å². The first-order valence-corrected chi connectivity index (χ1v) is 8.11. The van der Waals surface area contributed by atoms with Gasteiger partial charge < -0.3 is 5.32 Å².